The van der Waals surface area contributed by atoms with Crippen molar-refractivity contribution in [2.75, 3.05) is 14.2 Å². The van der Waals surface area contributed by atoms with Crippen molar-refractivity contribution in [2.24, 2.45) is 5.16 Å². The molecule has 0 saturated carbocycles. The van der Waals surface area contributed by atoms with Gasteiger partial charge >= 0.3 is 0 Å². The van der Waals surface area contributed by atoms with E-state index < -0.39 is 0 Å². The third-order valence-electron chi connectivity index (χ3n) is 4.36. The predicted octanol–water partition coefficient (Wildman–Crippen LogP) is 2.85. The summed E-state index contributed by atoms with van der Waals surface area (Å²) in [6.45, 7) is 0.356. The minimum absolute atomic E-state index is 0.234. The monoisotopic (exact) mass is 338 g/mol. The van der Waals surface area contributed by atoms with Crippen LogP contribution in [0.1, 0.15) is 28.7 Å². The lowest BCUT2D eigenvalue weighted by molar-refractivity contribution is -0.114. The number of hydrogen-bond donors (Lipinski definition) is 1. The lowest BCUT2D eigenvalue weighted by Gasteiger charge is -2.13. The average molecular weight is 338 g/mol. The number of benzene rings is 2. The van der Waals surface area contributed by atoms with Crippen molar-refractivity contribution in [3.63, 3.8) is 0 Å². The highest BCUT2D eigenvalue weighted by Gasteiger charge is 2.18. The van der Waals surface area contributed by atoms with Gasteiger partial charge in [-0.25, -0.2) is 0 Å². The molecular formula is C20H22N2O3. The molecule has 0 spiro atoms. The fourth-order valence-electron chi connectivity index (χ4n) is 3.10. The van der Waals surface area contributed by atoms with Crippen LogP contribution in [0.2, 0.25) is 0 Å². The number of oxime groups is 1. The van der Waals surface area contributed by atoms with Crippen molar-refractivity contribution in [1.82, 2.24) is 5.32 Å². The van der Waals surface area contributed by atoms with Crippen molar-refractivity contribution in [2.45, 2.75) is 25.9 Å². The lowest BCUT2D eigenvalue weighted by atomic mass is 10.0. The van der Waals surface area contributed by atoms with E-state index in [1.807, 2.05) is 30.3 Å². The molecule has 1 aliphatic rings. The molecular weight excluding hydrogens is 316 g/mol. The Balaban J connectivity index is 1.81. The number of ether oxygens (including phenoxy) is 1. The highest BCUT2D eigenvalue weighted by Crippen LogP contribution is 2.26. The van der Waals surface area contributed by atoms with E-state index in [0.29, 0.717) is 12.2 Å². The van der Waals surface area contributed by atoms with Gasteiger partial charge in [0, 0.05) is 12.6 Å². The van der Waals surface area contributed by atoms with Gasteiger partial charge < -0.3 is 14.9 Å². The summed E-state index contributed by atoms with van der Waals surface area (Å²) in [5.41, 5.74) is 4.60. The Morgan fingerprint density at radius 3 is 2.76 bits per heavy atom. The molecule has 1 aliphatic carbocycles. The number of rotatable bonds is 6. The Hall–Kier alpha value is -2.82. The summed E-state index contributed by atoms with van der Waals surface area (Å²) in [6.07, 6.45) is 3.48. The van der Waals surface area contributed by atoms with Gasteiger partial charge in [-0.15, -0.1) is 0 Å². The average Bonchev–Trinajstić information content (AvgIpc) is 3.12. The van der Waals surface area contributed by atoms with Gasteiger partial charge in [0.15, 0.2) is 5.71 Å². The zero-order valence-corrected chi connectivity index (χ0v) is 14.5. The summed E-state index contributed by atoms with van der Waals surface area (Å²) in [6, 6.07) is 13.8. The van der Waals surface area contributed by atoms with Crippen LogP contribution >= 0.6 is 0 Å². The van der Waals surface area contributed by atoms with Gasteiger partial charge in [-0.2, -0.15) is 0 Å². The van der Waals surface area contributed by atoms with Crippen LogP contribution in [-0.4, -0.2) is 25.8 Å². The first-order chi connectivity index (χ1) is 12.2. The molecule has 130 valence electrons. The second-order valence-corrected chi connectivity index (χ2v) is 5.93. The lowest BCUT2D eigenvalue weighted by Crippen LogP contribution is -2.29. The van der Waals surface area contributed by atoms with E-state index in [1.165, 1.54) is 24.7 Å². The first-order valence-electron chi connectivity index (χ1n) is 8.39. The number of likely N-dealkylation sites (N-methyl/N-ethyl adjacent to an activating group) is 1. The van der Waals surface area contributed by atoms with Crippen LogP contribution < -0.4 is 10.1 Å². The van der Waals surface area contributed by atoms with E-state index in [1.54, 1.807) is 7.05 Å². The molecule has 0 atom stereocenters. The van der Waals surface area contributed by atoms with Crippen molar-refractivity contribution in [3.05, 3.63) is 64.7 Å². The third-order valence-corrected chi connectivity index (χ3v) is 4.36. The minimum Gasteiger partial charge on any atom is -0.489 e. The van der Waals surface area contributed by atoms with Crippen molar-refractivity contribution >= 4 is 11.6 Å². The van der Waals surface area contributed by atoms with Gasteiger partial charge in [-0.1, -0.05) is 35.5 Å². The summed E-state index contributed by atoms with van der Waals surface area (Å²) >= 11 is 0. The number of hydrogen-bond acceptors (Lipinski definition) is 4. The molecule has 0 bridgehead atoms. The fourth-order valence-corrected chi connectivity index (χ4v) is 3.10. The highest BCUT2D eigenvalue weighted by molar-refractivity contribution is 6.45. The quantitative estimate of drug-likeness (QED) is 0.651. The van der Waals surface area contributed by atoms with Crippen LogP contribution in [0.4, 0.5) is 0 Å². The SMILES string of the molecule is CNC(=O)/C(=N/OC)c1ccccc1COc1ccc2c(c1)CCC2. The first-order valence-corrected chi connectivity index (χ1v) is 8.39. The summed E-state index contributed by atoms with van der Waals surface area (Å²) < 4.78 is 5.97. The molecule has 5 nitrogen and oxygen atoms in total. The number of nitrogens with one attached hydrogen (secondary N) is 1. The normalized spacial score (nSPS) is 13.3. The Morgan fingerprint density at radius 1 is 1.16 bits per heavy atom. The third kappa shape index (κ3) is 3.82. The Morgan fingerprint density at radius 2 is 1.96 bits per heavy atom. The van der Waals surface area contributed by atoms with E-state index in [-0.39, 0.29) is 11.6 Å². The molecule has 0 fully saturated rings. The minimum atomic E-state index is -0.299. The molecule has 2 aromatic carbocycles. The summed E-state index contributed by atoms with van der Waals surface area (Å²) in [4.78, 5) is 16.9. The fraction of sp³-hybridized carbons (Fsp3) is 0.300. The number of nitrogens with zero attached hydrogens (tertiary/aromatic N) is 1. The van der Waals surface area contributed by atoms with Gasteiger partial charge in [0.2, 0.25) is 0 Å². The molecule has 0 radical (unpaired) electrons. The second-order valence-electron chi connectivity index (χ2n) is 5.93. The van der Waals surface area contributed by atoms with Crippen LogP contribution in [0.15, 0.2) is 47.6 Å². The molecule has 0 saturated heterocycles. The summed E-state index contributed by atoms with van der Waals surface area (Å²) in [5.74, 6) is 0.549. The first kappa shape index (κ1) is 17.0. The van der Waals surface area contributed by atoms with Crippen molar-refractivity contribution in [1.29, 1.82) is 0 Å². The number of carbonyl (C=O) groups is 1. The largest absolute Gasteiger partial charge is 0.489 e. The number of aryl methyl sites for hydroxylation is 2. The maximum Gasteiger partial charge on any atom is 0.273 e. The van der Waals surface area contributed by atoms with E-state index >= 15 is 0 Å². The Kier molecular flexibility index (Phi) is 5.33. The van der Waals surface area contributed by atoms with E-state index in [0.717, 1.165) is 24.2 Å². The molecule has 0 aromatic heterocycles. The van der Waals surface area contributed by atoms with Crippen molar-refractivity contribution < 1.29 is 14.4 Å². The molecule has 0 unspecified atom stereocenters. The zero-order valence-electron chi connectivity index (χ0n) is 14.5. The molecule has 5 heteroatoms. The van der Waals surface area contributed by atoms with Gasteiger partial charge in [-0.3, -0.25) is 4.79 Å². The molecule has 25 heavy (non-hydrogen) atoms. The number of fused-ring (bicyclic) bond motifs is 1. The zero-order chi connectivity index (χ0) is 17.6. The van der Waals surface area contributed by atoms with Crippen LogP contribution in [0.3, 0.4) is 0 Å². The molecule has 0 heterocycles. The second kappa shape index (κ2) is 7.83. The molecule has 0 aliphatic heterocycles. The number of amides is 1. The van der Waals surface area contributed by atoms with Gasteiger partial charge in [0.1, 0.15) is 19.5 Å². The van der Waals surface area contributed by atoms with Gasteiger partial charge in [-0.05, 0) is 48.1 Å². The topological polar surface area (TPSA) is 59.9 Å². The maximum absolute atomic E-state index is 12.1. The number of carbonyl (C=O) groups excluding carboxylic acids is 1. The maximum atomic E-state index is 12.1. The van der Waals surface area contributed by atoms with Crippen molar-refractivity contribution in [3.8, 4) is 5.75 Å². The molecule has 2 aromatic rings. The predicted molar refractivity (Wildman–Crippen MR) is 96.9 cm³/mol. The van der Waals surface area contributed by atoms with E-state index in [4.69, 9.17) is 9.57 Å². The Bertz CT molecular complexity index is 799. The van der Waals surface area contributed by atoms with Crippen LogP contribution in [0, 0.1) is 0 Å². The summed E-state index contributed by atoms with van der Waals surface area (Å²) in [7, 11) is 2.99. The summed E-state index contributed by atoms with van der Waals surface area (Å²) in [5, 5.41) is 6.46. The van der Waals surface area contributed by atoms with Crippen LogP contribution in [0.25, 0.3) is 0 Å². The molecule has 1 N–H and O–H groups in total. The molecule has 3 rings (SSSR count). The van der Waals surface area contributed by atoms with E-state index in [9.17, 15) is 4.79 Å². The highest BCUT2D eigenvalue weighted by atomic mass is 16.6. The van der Waals surface area contributed by atoms with Gasteiger partial charge in [0.25, 0.3) is 5.91 Å². The molecule has 1 amide bonds. The van der Waals surface area contributed by atoms with Crippen LogP contribution in [-0.2, 0) is 29.1 Å². The standard InChI is InChI=1S/C20H22N2O3/c1-21-20(23)19(22-24-2)18-9-4-3-6-16(18)13-25-17-11-10-14-7-5-8-15(14)12-17/h3-4,6,9-12H,5,7-8,13H2,1-2H3,(H,21,23)/b22-19+. The Labute approximate surface area is 147 Å². The van der Waals surface area contributed by atoms with Crippen LogP contribution in [0.5, 0.6) is 5.75 Å². The van der Waals surface area contributed by atoms with Gasteiger partial charge in [0.05, 0.1) is 0 Å². The van der Waals surface area contributed by atoms with E-state index in [2.05, 4.69) is 22.6 Å². The smallest absolute Gasteiger partial charge is 0.273 e.